The van der Waals surface area contributed by atoms with E-state index < -0.39 is 0 Å². The minimum atomic E-state index is -0.0771. The van der Waals surface area contributed by atoms with Crippen LogP contribution in [0.5, 0.6) is 0 Å². The van der Waals surface area contributed by atoms with Crippen LogP contribution in [0.15, 0.2) is 63.3 Å². The highest BCUT2D eigenvalue weighted by Gasteiger charge is 2.14. The van der Waals surface area contributed by atoms with Gasteiger partial charge in [0, 0.05) is 18.8 Å². The third-order valence-electron chi connectivity index (χ3n) is 4.04. The molecule has 0 unspecified atom stereocenters. The van der Waals surface area contributed by atoms with Gasteiger partial charge in [0.05, 0.1) is 23.2 Å². The van der Waals surface area contributed by atoms with Crippen molar-refractivity contribution < 1.29 is 4.52 Å². The zero-order valence-electron chi connectivity index (χ0n) is 14.7. The van der Waals surface area contributed by atoms with E-state index in [4.69, 9.17) is 4.52 Å². The summed E-state index contributed by atoms with van der Waals surface area (Å²) in [5, 5.41) is 5.11. The van der Waals surface area contributed by atoms with Crippen molar-refractivity contribution in [1.29, 1.82) is 0 Å². The molecular weight excluding hydrogens is 362 g/mol. The predicted molar refractivity (Wildman–Crippen MR) is 103 cm³/mol. The number of benzene rings is 1. The Hall–Kier alpha value is -3.00. The van der Waals surface area contributed by atoms with Gasteiger partial charge < -0.3 is 4.52 Å². The number of pyridine rings is 1. The summed E-state index contributed by atoms with van der Waals surface area (Å²) in [6.07, 6.45) is 4.18. The van der Waals surface area contributed by atoms with Crippen molar-refractivity contribution in [2.75, 3.05) is 0 Å². The maximum Gasteiger partial charge on any atom is 0.262 e. The highest BCUT2D eigenvalue weighted by Crippen LogP contribution is 2.22. The van der Waals surface area contributed by atoms with Crippen molar-refractivity contribution in [2.45, 2.75) is 30.8 Å². The molecule has 0 radical (unpaired) electrons. The van der Waals surface area contributed by atoms with E-state index in [9.17, 15) is 4.79 Å². The van der Waals surface area contributed by atoms with Crippen molar-refractivity contribution in [1.82, 2.24) is 24.7 Å². The summed E-state index contributed by atoms with van der Waals surface area (Å²) in [5.74, 6) is 1.64. The first kappa shape index (κ1) is 17.4. The van der Waals surface area contributed by atoms with Crippen LogP contribution in [0, 0.1) is 0 Å². The van der Waals surface area contributed by atoms with Gasteiger partial charge in [-0.1, -0.05) is 42.0 Å². The van der Waals surface area contributed by atoms with Gasteiger partial charge in [0.15, 0.2) is 11.0 Å². The number of nitrogens with zero attached hydrogens (tertiary/aromatic N) is 5. The number of hydrogen-bond donors (Lipinski definition) is 0. The van der Waals surface area contributed by atoms with E-state index in [-0.39, 0.29) is 5.56 Å². The molecule has 0 amide bonds. The Bertz CT molecular complexity index is 1120. The zero-order valence-corrected chi connectivity index (χ0v) is 15.5. The summed E-state index contributed by atoms with van der Waals surface area (Å²) < 4.78 is 6.91. The third-order valence-corrected chi connectivity index (χ3v) is 5.00. The molecule has 0 saturated carbocycles. The molecule has 3 aromatic heterocycles. The fourth-order valence-electron chi connectivity index (χ4n) is 2.69. The second-order valence-electron chi connectivity index (χ2n) is 5.91. The second kappa shape index (κ2) is 7.71. The molecule has 0 saturated heterocycles. The van der Waals surface area contributed by atoms with Gasteiger partial charge in [-0.25, -0.2) is 4.98 Å². The highest BCUT2D eigenvalue weighted by atomic mass is 32.2. The molecule has 3 heterocycles. The zero-order chi connectivity index (χ0) is 18.6. The number of rotatable bonds is 6. The van der Waals surface area contributed by atoms with Crippen LogP contribution >= 0.6 is 11.8 Å². The van der Waals surface area contributed by atoms with Crippen molar-refractivity contribution in [2.24, 2.45) is 0 Å². The van der Waals surface area contributed by atoms with Crippen LogP contribution in [-0.2, 0) is 18.7 Å². The van der Waals surface area contributed by atoms with Crippen LogP contribution in [0.4, 0.5) is 0 Å². The molecule has 27 heavy (non-hydrogen) atoms. The van der Waals surface area contributed by atoms with Crippen LogP contribution in [-0.4, -0.2) is 24.7 Å². The van der Waals surface area contributed by atoms with E-state index >= 15 is 0 Å². The summed E-state index contributed by atoms with van der Waals surface area (Å²) in [6.45, 7) is 2.37. The van der Waals surface area contributed by atoms with Crippen molar-refractivity contribution in [3.05, 3.63) is 76.4 Å². The summed E-state index contributed by atoms with van der Waals surface area (Å²) in [7, 11) is 0. The van der Waals surface area contributed by atoms with Crippen molar-refractivity contribution in [3.63, 3.8) is 0 Å². The lowest BCUT2D eigenvalue weighted by Crippen LogP contribution is -2.24. The van der Waals surface area contributed by atoms with E-state index in [0.29, 0.717) is 46.5 Å². The van der Waals surface area contributed by atoms with Gasteiger partial charge in [-0.05, 0) is 23.8 Å². The molecular formula is C19H17N5O2S. The quantitative estimate of drug-likeness (QED) is 0.376. The van der Waals surface area contributed by atoms with Crippen LogP contribution in [0.1, 0.15) is 24.2 Å². The Labute approximate surface area is 159 Å². The summed E-state index contributed by atoms with van der Waals surface area (Å²) in [4.78, 5) is 26.2. The topological polar surface area (TPSA) is 86.7 Å². The smallest absolute Gasteiger partial charge is 0.262 e. The fourth-order valence-corrected chi connectivity index (χ4v) is 3.53. The van der Waals surface area contributed by atoms with Crippen LogP contribution < -0.4 is 5.56 Å². The minimum absolute atomic E-state index is 0.0771. The predicted octanol–water partition coefficient (Wildman–Crippen LogP) is 3.08. The first-order chi connectivity index (χ1) is 13.2. The van der Waals surface area contributed by atoms with Gasteiger partial charge in [-0.3, -0.25) is 14.3 Å². The maximum atomic E-state index is 13.1. The van der Waals surface area contributed by atoms with Gasteiger partial charge in [-0.2, -0.15) is 4.98 Å². The molecule has 4 aromatic rings. The first-order valence-corrected chi connectivity index (χ1v) is 9.56. The molecule has 7 nitrogen and oxygen atoms in total. The molecule has 136 valence electrons. The fraction of sp³-hybridized carbons (Fsp3) is 0.211. The van der Waals surface area contributed by atoms with Crippen LogP contribution in [0.3, 0.4) is 0 Å². The summed E-state index contributed by atoms with van der Waals surface area (Å²) in [6, 6.07) is 11.2. The third kappa shape index (κ3) is 3.75. The van der Waals surface area contributed by atoms with Gasteiger partial charge >= 0.3 is 0 Å². The standard InChI is InChI=1S/C19H17N5O2S/c1-2-16-22-17(26-23-16)12-27-19-21-15-8-4-3-7-14(15)18(25)24(19)11-13-6-5-9-20-10-13/h3-10H,2,11-12H2,1H3. The lowest BCUT2D eigenvalue weighted by atomic mass is 10.2. The van der Waals surface area contributed by atoms with Crippen molar-refractivity contribution >= 4 is 22.7 Å². The van der Waals surface area contributed by atoms with Gasteiger partial charge in [0.25, 0.3) is 5.56 Å². The van der Waals surface area contributed by atoms with Crippen LogP contribution in [0.2, 0.25) is 0 Å². The monoisotopic (exact) mass is 379 g/mol. The molecule has 0 spiro atoms. The average molecular weight is 379 g/mol. The van der Waals surface area contributed by atoms with E-state index in [0.717, 1.165) is 5.56 Å². The van der Waals surface area contributed by atoms with E-state index in [1.807, 2.05) is 37.3 Å². The molecule has 8 heteroatoms. The number of fused-ring (bicyclic) bond motifs is 1. The van der Waals surface area contributed by atoms with Gasteiger partial charge in [0.2, 0.25) is 5.89 Å². The SMILES string of the molecule is CCc1noc(CSc2nc3ccccc3c(=O)n2Cc2cccnc2)n1. The van der Waals surface area contributed by atoms with E-state index in [1.165, 1.54) is 11.8 Å². The summed E-state index contributed by atoms with van der Waals surface area (Å²) >= 11 is 1.41. The maximum absolute atomic E-state index is 13.1. The largest absolute Gasteiger partial charge is 0.338 e. The second-order valence-corrected chi connectivity index (χ2v) is 6.85. The number of hydrogen-bond acceptors (Lipinski definition) is 7. The molecule has 0 bridgehead atoms. The Morgan fingerprint density at radius 2 is 2.04 bits per heavy atom. The molecule has 1 aromatic carbocycles. The molecule has 0 aliphatic rings. The van der Waals surface area contributed by atoms with E-state index in [2.05, 4.69) is 20.1 Å². The molecule has 0 atom stereocenters. The minimum Gasteiger partial charge on any atom is -0.338 e. The van der Waals surface area contributed by atoms with Crippen molar-refractivity contribution in [3.8, 4) is 0 Å². The normalized spacial score (nSPS) is 11.1. The first-order valence-electron chi connectivity index (χ1n) is 8.57. The Kier molecular flexibility index (Phi) is 4.97. The number of aryl methyl sites for hydroxylation is 1. The Morgan fingerprint density at radius 3 is 2.81 bits per heavy atom. The molecule has 4 rings (SSSR count). The Balaban J connectivity index is 1.72. The van der Waals surface area contributed by atoms with Gasteiger partial charge in [0.1, 0.15) is 0 Å². The molecule has 0 aliphatic carbocycles. The Morgan fingerprint density at radius 1 is 1.15 bits per heavy atom. The lowest BCUT2D eigenvalue weighted by Gasteiger charge is -2.12. The summed E-state index contributed by atoms with van der Waals surface area (Å²) in [5.41, 5.74) is 1.53. The van der Waals surface area contributed by atoms with Gasteiger partial charge in [-0.15, -0.1) is 0 Å². The number of aromatic nitrogens is 5. The molecule has 0 N–H and O–H groups in total. The highest BCUT2D eigenvalue weighted by molar-refractivity contribution is 7.98. The molecule has 0 aliphatic heterocycles. The number of para-hydroxylation sites is 1. The molecule has 0 fully saturated rings. The average Bonchev–Trinajstić information content (AvgIpc) is 3.18. The number of thioether (sulfide) groups is 1. The lowest BCUT2D eigenvalue weighted by molar-refractivity contribution is 0.385. The van der Waals surface area contributed by atoms with E-state index in [1.54, 1.807) is 23.0 Å². The van der Waals surface area contributed by atoms with Crippen LogP contribution in [0.25, 0.3) is 10.9 Å².